The molecule has 0 heterocycles. The molecule has 0 saturated heterocycles. The number of halogens is 2. The minimum Gasteiger partial charge on any atom is -0.205 e. The third-order valence-electron chi connectivity index (χ3n) is 1.38. The van der Waals surface area contributed by atoms with Gasteiger partial charge in [0, 0.05) is 0 Å². The highest BCUT2D eigenvalue weighted by Gasteiger charge is 1.99. The van der Waals surface area contributed by atoms with Gasteiger partial charge in [0.15, 0.2) is 0 Å². The zero-order valence-corrected chi connectivity index (χ0v) is 7.03. The van der Waals surface area contributed by atoms with Crippen molar-refractivity contribution in [2.75, 3.05) is 0 Å². The fourth-order valence-corrected chi connectivity index (χ4v) is 0.993. The molecular weight excluding hydrogens is 163 g/mol. The van der Waals surface area contributed by atoms with Gasteiger partial charge in [-0.25, -0.2) is 4.39 Å². The average Bonchev–Trinajstić information content (AvgIpc) is 1.98. The molecule has 0 aromatic heterocycles. The smallest absolute Gasteiger partial charge is 0.142 e. The molecule has 0 unspecified atom stereocenters. The van der Waals surface area contributed by atoms with Crippen LogP contribution >= 0.6 is 11.6 Å². The number of hydrogen-bond donors (Lipinski definition) is 0. The molecule has 0 bridgehead atoms. The first-order chi connectivity index (χ1) is 5.24. The molecule has 1 aromatic carbocycles. The summed E-state index contributed by atoms with van der Waals surface area (Å²) in [4.78, 5) is 0. The van der Waals surface area contributed by atoms with E-state index in [0.717, 1.165) is 12.0 Å². The highest BCUT2D eigenvalue weighted by molar-refractivity contribution is 6.30. The topological polar surface area (TPSA) is 0 Å². The van der Waals surface area contributed by atoms with Gasteiger partial charge in [0.1, 0.15) is 5.82 Å². The van der Waals surface area contributed by atoms with Gasteiger partial charge in [-0.1, -0.05) is 24.6 Å². The zero-order valence-electron chi connectivity index (χ0n) is 6.27. The lowest BCUT2D eigenvalue weighted by Gasteiger charge is -1.98. The number of hydrogen-bond acceptors (Lipinski definition) is 0. The van der Waals surface area contributed by atoms with Crippen molar-refractivity contribution in [1.29, 1.82) is 0 Å². The predicted molar refractivity (Wildman–Crippen MR) is 45.1 cm³/mol. The maximum atomic E-state index is 12.8. The van der Waals surface area contributed by atoms with E-state index in [1.54, 1.807) is 12.1 Å². The Hall–Kier alpha value is -0.560. The normalized spacial score (nSPS) is 10.1. The largest absolute Gasteiger partial charge is 0.205 e. The monoisotopic (exact) mass is 171 g/mol. The number of benzene rings is 1. The van der Waals surface area contributed by atoms with Crippen LogP contribution in [0.25, 0.3) is 0 Å². The Morgan fingerprint density at radius 1 is 1.55 bits per heavy atom. The van der Waals surface area contributed by atoms with Crippen molar-refractivity contribution in [3.8, 4) is 0 Å². The summed E-state index contributed by atoms with van der Waals surface area (Å²) < 4.78 is 12.8. The van der Waals surface area contributed by atoms with Crippen LogP contribution in [0.2, 0.25) is 5.02 Å². The van der Waals surface area contributed by atoms with Crippen LogP contribution in [0.1, 0.15) is 18.9 Å². The minimum atomic E-state index is -0.353. The zero-order chi connectivity index (χ0) is 8.27. The Bertz CT molecular complexity index is 245. The van der Waals surface area contributed by atoms with Crippen LogP contribution in [-0.2, 0) is 0 Å². The molecule has 0 spiro atoms. The first-order valence-electron chi connectivity index (χ1n) is 3.52. The summed E-state index contributed by atoms with van der Waals surface area (Å²) in [6, 6.07) is 4.80. The summed E-state index contributed by atoms with van der Waals surface area (Å²) in [6.07, 6.45) is 2.85. The molecule has 2 heteroatoms. The summed E-state index contributed by atoms with van der Waals surface area (Å²) in [5.74, 6) is -0.353. The number of rotatable bonds is 2. The van der Waals surface area contributed by atoms with Gasteiger partial charge in [0.2, 0.25) is 0 Å². The van der Waals surface area contributed by atoms with Crippen molar-refractivity contribution < 1.29 is 4.39 Å². The molecular formula is C9H9ClF. The van der Waals surface area contributed by atoms with Crippen LogP contribution in [0.3, 0.4) is 0 Å². The van der Waals surface area contributed by atoms with E-state index >= 15 is 0 Å². The molecule has 0 aliphatic rings. The molecule has 0 fully saturated rings. The van der Waals surface area contributed by atoms with Gasteiger partial charge in [0.05, 0.1) is 5.02 Å². The second kappa shape index (κ2) is 3.72. The van der Waals surface area contributed by atoms with Crippen LogP contribution in [0.15, 0.2) is 18.2 Å². The van der Waals surface area contributed by atoms with Crippen LogP contribution < -0.4 is 0 Å². The Morgan fingerprint density at radius 2 is 2.27 bits per heavy atom. The van der Waals surface area contributed by atoms with E-state index in [9.17, 15) is 4.39 Å². The van der Waals surface area contributed by atoms with Gasteiger partial charge in [-0.2, -0.15) is 0 Å². The van der Waals surface area contributed by atoms with Crippen LogP contribution in [0, 0.1) is 12.2 Å². The van der Waals surface area contributed by atoms with Crippen molar-refractivity contribution in [3.63, 3.8) is 0 Å². The molecule has 0 saturated carbocycles. The second-order valence-electron chi connectivity index (χ2n) is 2.29. The molecule has 0 aliphatic heterocycles. The van der Waals surface area contributed by atoms with E-state index < -0.39 is 0 Å². The standard InChI is InChI=1S/C9H9ClF/c1-2-3-7-4-5-8(10)9(11)6-7/h3-6H,2H2,1H3. The van der Waals surface area contributed by atoms with E-state index in [1.807, 2.05) is 13.3 Å². The Morgan fingerprint density at radius 3 is 2.82 bits per heavy atom. The van der Waals surface area contributed by atoms with Gasteiger partial charge >= 0.3 is 0 Å². The maximum Gasteiger partial charge on any atom is 0.142 e. The van der Waals surface area contributed by atoms with Crippen molar-refractivity contribution in [1.82, 2.24) is 0 Å². The van der Waals surface area contributed by atoms with Gasteiger partial charge in [-0.15, -0.1) is 0 Å². The maximum absolute atomic E-state index is 12.8. The third kappa shape index (κ3) is 2.19. The van der Waals surface area contributed by atoms with E-state index in [4.69, 9.17) is 11.6 Å². The highest BCUT2D eigenvalue weighted by Crippen LogP contribution is 2.16. The van der Waals surface area contributed by atoms with E-state index in [-0.39, 0.29) is 10.8 Å². The molecule has 0 nitrogen and oxygen atoms in total. The van der Waals surface area contributed by atoms with Crippen LogP contribution in [0.4, 0.5) is 4.39 Å². The molecule has 1 radical (unpaired) electrons. The lowest BCUT2D eigenvalue weighted by Crippen LogP contribution is -1.82. The minimum absolute atomic E-state index is 0.179. The summed E-state index contributed by atoms with van der Waals surface area (Å²) in [5, 5.41) is 0.179. The lowest BCUT2D eigenvalue weighted by molar-refractivity contribution is 0.627. The Kier molecular flexibility index (Phi) is 2.89. The van der Waals surface area contributed by atoms with E-state index in [1.165, 1.54) is 6.07 Å². The summed E-state index contributed by atoms with van der Waals surface area (Å²) in [6.45, 7) is 2.01. The van der Waals surface area contributed by atoms with E-state index in [2.05, 4.69) is 0 Å². The second-order valence-corrected chi connectivity index (χ2v) is 2.69. The van der Waals surface area contributed by atoms with Crippen LogP contribution in [-0.4, -0.2) is 0 Å². The van der Waals surface area contributed by atoms with Crippen molar-refractivity contribution in [2.45, 2.75) is 13.3 Å². The van der Waals surface area contributed by atoms with Crippen LogP contribution in [0.5, 0.6) is 0 Å². The van der Waals surface area contributed by atoms with Gasteiger partial charge < -0.3 is 0 Å². The fraction of sp³-hybridized carbons (Fsp3) is 0.222. The molecule has 0 aliphatic carbocycles. The van der Waals surface area contributed by atoms with Gasteiger partial charge in [-0.3, -0.25) is 0 Å². The van der Waals surface area contributed by atoms with Crippen molar-refractivity contribution in [2.24, 2.45) is 0 Å². The molecule has 1 aromatic rings. The highest BCUT2D eigenvalue weighted by atomic mass is 35.5. The molecule has 1 rings (SSSR count). The fourth-order valence-electron chi connectivity index (χ4n) is 0.875. The predicted octanol–water partition coefficient (Wildman–Crippen LogP) is 3.44. The Balaban J connectivity index is 2.86. The molecule has 0 amide bonds. The summed E-state index contributed by atoms with van der Waals surface area (Å²) in [7, 11) is 0. The third-order valence-corrected chi connectivity index (χ3v) is 1.69. The average molecular weight is 172 g/mol. The summed E-state index contributed by atoms with van der Waals surface area (Å²) in [5.41, 5.74) is 0.884. The first kappa shape index (κ1) is 8.54. The van der Waals surface area contributed by atoms with Gasteiger partial charge in [-0.05, 0) is 30.5 Å². The molecule has 59 valence electrons. The molecule has 0 atom stereocenters. The van der Waals surface area contributed by atoms with Crippen molar-refractivity contribution >= 4 is 11.6 Å². The SMILES string of the molecule is CC[CH]c1ccc(Cl)c(F)c1. The molecule has 0 N–H and O–H groups in total. The molecule has 11 heavy (non-hydrogen) atoms. The summed E-state index contributed by atoms with van der Waals surface area (Å²) >= 11 is 5.49. The van der Waals surface area contributed by atoms with Crippen molar-refractivity contribution in [3.05, 3.63) is 41.0 Å². The lowest BCUT2D eigenvalue weighted by atomic mass is 10.1. The van der Waals surface area contributed by atoms with E-state index in [0.29, 0.717) is 0 Å². The first-order valence-corrected chi connectivity index (χ1v) is 3.90. The Labute approximate surface area is 71.0 Å². The quantitative estimate of drug-likeness (QED) is 0.640. The van der Waals surface area contributed by atoms with Gasteiger partial charge in [0.25, 0.3) is 0 Å².